The van der Waals surface area contributed by atoms with Crippen LogP contribution in [0.3, 0.4) is 0 Å². The summed E-state index contributed by atoms with van der Waals surface area (Å²) in [5.74, 6) is -0.240. The molecule has 20 heavy (non-hydrogen) atoms. The van der Waals surface area contributed by atoms with E-state index in [0.29, 0.717) is 10.6 Å². The molecule has 2 rings (SSSR count). The van der Waals surface area contributed by atoms with Gasteiger partial charge in [-0.3, -0.25) is 0 Å². The fourth-order valence-electron chi connectivity index (χ4n) is 2.19. The average Bonchev–Trinajstić information content (AvgIpc) is 2.40. The Morgan fingerprint density at radius 3 is 2.60 bits per heavy atom. The fraction of sp³-hybridized carbons (Fsp3) is 0.250. The van der Waals surface area contributed by atoms with Crippen LogP contribution in [0.25, 0.3) is 0 Å². The highest BCUT2D eigenvalue weighted by molar-refractivity contribution is 9.10. The monoisotopic (exact) mass is 355 g/mol. The Kier molecular flexibility index (Phi) is 5.19. The highest BCUT2D eigenvalue weighted by atomic mass is 79.9. The molecule has 0 amide bonds. The molecule has 1 N–H and O–H groups in total. The Hall–Kier alpha value is -0.900. The molecular weight excluding hydrogens is 341 g/mol. The summed E-state index contributed by atoms with van der Waals surface area (Å²) in [5, 5.41) is 3.95. The van der Waals surface area contributed by atoms with E-state index < -0.39 is 0 Å². The molecule has 0 aromatic heterocycles. The first-order chi connectivity index (χ1) is 9.52. The summed E-state index contributed by atoms with van der Waals surface area (Å²) in [7, 11) is 0. The van der Waals surface area contributed by atoms with E-state index in [4.69, 9.17) is 11.6 Å². The van der Waals surface area contributed by atoms with Gasteiger partial charge in [-0.25, -0.2) is 4.39 Å². The predicted octanol–water partition coefficient (Wildman–Crippen LogP) is 5.25. The highest BCUT2D eigenvalue weighted by Gasteiger charge is 2.19. The highest BCUT2D eigenvalue weighted by Crippen LogP contribution is 2.31. The molecule has 0 radical (unpaired) electrons. The molecule has 0 aliphatic carbocycles. The van der Waals surface area contributed by atoms with Crippen molar-refractivity contribution in [3.8, 4) is 0 Å². The average molecular weight is 357 g/mol. The molecule has 0 saturated carbocycles. The second kappa shape index (κ2) is 6.70. The molecule has 0 heterocycles. The summed E-state index contributed by atoms with van der Waals surface area (Å²) in [6.07, 6.45) is 0. The lowest BCUT2D eigenvalue weighted by atomic mass is 9.97. The number of rotatable bonds is 4. The Morgan fingerprint density at radius 1 is 1.20 bits per heavy atom. The summed E-state index contributed by atoms with van der Waals surface area (Å²) in [6.45, 7) is 4.70. The quantitative estimate of drug-likeness (QED) is 0.789. The molecule has 0 aliphatic rings. The van der Waals surface area contributed by atoms with Crippen molar-refractivity contribution in [2.24, 2.45) is 0 Å². The normalized spacial score (nSPS) is 12.4. The zero-order chi connectivity index (χ0) is 14.7. The van der Waals surface area contributed by atoms with E-state index in [2.05, 4.69) is 21.2 Å². The van der Waals surface area contributed by atoms with E-state index >= 15 is 0 Å². The number of nitrogens with one attached hydrogen (secondary N) is 1. The van der Waals surface area contributed by atoms with Crippen LogP contribution in [0.4, 0.5) is 4.39 Å². The number of hydrogen-bond donors (Lipinski definition) is 1. The molecular formula is C16H16BrClFN. The van der Waals surface area contributed by atoms with Gasteiger partial charge in [-0.05, 0) is 48.9 Å². The molecule has 1 nitrogen and oxygen atoms in total. The topological polar surface area (TPSA) is 12.0 Å². The number of benzene rings is 2. The lowest BCUT2D eigenvalue weighted by Gasteiger charge is -2.21. The van der Waals surface area contributed by atoms with Gasteiger partial charge in [0, 0.05) is 15.1 Å². The van der Waals surface area contributed by atoms with Crippen LogP contribution in [0.5, 0.6) is 0 Å². The van der Waals surface area contributed by atoms with Crippen LogP contribution in [0, 0.1) is 12.7 Å². The van der Waals surface area contributed by atoms with Crippen LogP contribution in [-0.2, 0) is 0 Å². The third-order valence-electron chi connectivity index (χ3n) is 3.14. The van der Waals surface area contributed by atoms with Gasteiger partial charge in [-0.2, -0.15) is 0 Å². The van der Waals surface area contributed by atoms with Crippen LogP contribution in [0.15, 0.2) is 40.9 Å². The minimum atomic E-state index is -0.259. The SMILES string of the molecule is CCNC(c1cc(Br)ccc1F)c1ccc(C)cc1Cl. The van der Waals surface area contributed by atoms with Gasteiger partial charge in [0.25, 0.3) is 0 Å². The first-order valence-electron chi connectivity index (χ1n) is 6.47. The molecule has 4 heteroatoms. The number of halogens is 3. The summed E-state index contributed by atoms with van der Waals surface area (Å²) < 4.78 is 15.0. The van der Waals surface area contributed by atoms with Crippen LogP contribution in [0.1, 0.15) is 29.7 Å². The van der Waals surface area contributed by atoms with Gasteiger partial charge in [0.1, 0.15) is 5.82 Å². The Balaban J connectivity index is 2.53. The molecule has 1 atom stereocenters. The standard InChI is InChI=1S/C16H16BrClFN/c1-3-20-16(12-6-4-10(2)8-14(12)18)13-9-11(17)5-7-15(13)19/h4-9,16,20H,3H2,1-2H3. The largest absolute Gasteiger partial charge is 0.306 e. The summed E-state index contributed by atoms with van der Waals surface area (Å²) in [6, 6.07) is 10.5. The second-order valence-corrected chi connectivity index (χ2v) is 6.00. The Labute approximate surface area is 132 Å². The van der Waals surface area contributed by atoms with Crippen molar-refractivity contribution >= 4 is 27.5 Å². The van der Waals surface area contributed by atoms with Crippen molar-refractivity contribution in [1.29, 1.82) is 0 Å². The number of hydrogen-bond acceptors (Lipinski definition) is 1. The van der Waals surface area contributed by atoms with Crippen LogP contribution in [0.2, 0.25) is 5.02 Å². The minimum absolute atomic E-state index is 0.240. The van der Waals surface area contributed by atoms with E-state index in [1.165, 1.54) is 6.07 Å². The van der Waals surface area contributed by atoms with Gasteiger partial charge >= 0.3 is 0 Å². The third kappa shape index (κ3) is 3.40. The van der Waals surface area contributed by atoms with E-state index in [0.717, 1.165) is 22.1 Å². The molecule has 106 valence electrons. The van der Waals surface area contributed by atoms with Crippen molar-refractivity contribution < 1.29 is 4.39 Å². The van der Waals surface area contributed by atoms with Crippen LogP contribution >= 0.6 is 27.5 Å². The van der Waals surface area contributed by atoms with Crippen LogP contribution in [-0.4, -0.2) is 6.54 Å². The first-order valence-corrected chi connectivity index (χ1v) is 7.64. The summed E-state index contributed by atoms with van der Waals surface area (Å²) in [5.41, 5.74) is 2.56. The lowest BCUT2D eigenvalue weighted by molar-refractivity contribution is 0.558. The van der Waals surface area contributed by atoms with Gasteiger partial charge in [0.15, 0.2) is 0 Å². The fourth-order valence-corrected chi connectivity index (χ4v) is 2.92. The second-order valence-electron chi connectivity index (χ2n) is 4.68. The van der Waals surface area contributed by atoms with E-state index in [1.54, 1.807) is 12.1 Å². The molecule has 2 aromatic rings. The van der Waals surface area contributed by atoms with Crippen molar-refractivity contribution in [2.75, 3.05) is 6.54 Å². The zero-order valence-electron chi connectivity index (χ0n) is 11.4. The van der Waals surface area contributed by atoms with Crippen molar-refractivity contribution in [1.82, 2.24) is 5.32 Å². The third-order valence-corrected chi connectivity index (χ3v) is 3.96. The summed E-state index contributed by atoms with van der Waals surface area (Å²) >= 11 is 9.72. The molecule has 2 aromatic carbocycles. The smallest absolute Gasteiger partial charge is 0.128 e. The Bertz CT molecular complexity index is 615. The molecule has 0 fully saturated rings. The van der Waals surface area contributed by atoms with Gasteiger partial charge in [0.2, 0.25) is 0 Å². The molecule has 1 unspecified atom stereocenters. The maximum absolute atomic E-state index is 14.1. The molecule has 0 saturated heterocycles. The minimum Gasteiger partial charge on any atom is -0.306 e. The molecule has 0 spiro atoms. The van der Waals surface area contributed by atoms with Gasteiger partial charge < -0.3 is 5.32 Å². The Morgan fingerprint density at radius 2 is 1.95 bits per heavy atom. The van der Waals surface area contributed by atoms with E-state index in [9.17, 15) is 4.39 Å². The summed E-state index contributed by atoms with van der Waals surface area (Å²) in [4.78, 5) is 0. The maximum atomic E-state index is 14.1. The van der Waals surface area contributed by atoms with Gasteiger partial charge in [-0.1, -0.05) is 46.6 Å². The van der Waals surface area contributed by atoms with Crippen molar-refractivity contribution in [3.05, 3.63) is 68.4 Å². The van der Waals surface area contributed by atoms with E-state index in [-0.39, 0.29) is 11.9 Å². The first kappa shape index (κ1) is 15.5. The number of aryl methyl sites for hydroxylation is 1. The predicted molar refractivity (Wildman–Crippen MR) is 85.8 cm³/mol. The lowest BCUT2D eigenvalue weighted by Crippen LogP contribution is -2.23. The van der Waals surface area contributed by atoms with Gasteiger partial charge in [-0.15, -0.1) is 0 Å². The van der Waals surface area contributed by atoms with E-state index in [1.807, 2.05) is 32.0 Å². The maximum Gasteiger partial charge on any atom is 0.128 e. The van der Waals surface area contributed by atoms with Crippen molar-refractivity contribution in [3.63, 3.8) is 0 Å². The van der Waals surface area contributed by atoms with Crippen LogP contribution < -0.4 is 5.32 Å². The van der Waals surface area contributed by atoms with Crippen molar-refractivity contribution in [2.45, 2.75) is 19.9 Å². The molecule has 0 aliphatic heterocycles. The zero-order valence-corrected chi connectivity index (χ0v) is 13.7. The molecule has 0 bridgehead atoms. The van der Waals surface area contributed by atoms with Gasteiger partial charge in [0.05, 0.1) is 6.04 Å².